The SMILES string of the molecule is CCCCN1CCC(NC(=O)CCNS(=O)(=O)c2ccc(Cl)c(C(F)(F)F)c2)CC1. The van der Waals surface area contributed by atoms with Gasteiger partial charge in [-0.25, -0.2) is 13.1 Å². The van der Waals surface area contributed by atoms with E-state index in [0.717, 1.165) is 57.5 Å². The molecule has 0 aliphatic carbocycles. The summed E-state index contributed by atoms with van der Waals surface area (Å²) in [4.78, 5) is 13.9. The first-order valence-corrected chi connectivity index (χ1v) is 11.8. The van der Waals surface area contributed by atoms with E-state index in [1.54, 1.807) is 0 Å². The fourth-order valence-corrected chi connectivity index (χ4v) is 4.54. The number of piperidine rings is 1. The average molecular weight is 470 g/mol. The number of sulfonamides is 1. The lowest BCUT2D eigenvalue weighted by Gasteiger charge is -2.32. The number of carbonyl (C=O) groups excluding carboxylic acids is 1. The zero-order valence-corrected chi connectivity index (χ0v) is 18.3. The van der Waals surface area contributed by atoms with Crippen molar-refractivity contribution in [1.82, 2.24) is 14.9 Å². The highest BCUT2D eigenvalue weighted by Gasteiger charge is 2.34. The van der Waals surface area contributed by atoms with Crippen molar-refractivity contribution in [3.8, 4) is 0 Å². The summed E-state index contributed by atoms with van der Waals surface area (Å²) in [6, 6.07) is 2.42. The molecule has 1 heterocycles. The fraction of sp³-hybridized carbons (Fsp3) is 0.632. The molecule has 0 atom stereocenters. The maximum atomic E-state index is 12.9. The van der Waals surface area contributed by atoms with E-state index in [1.807, 2.05) is 0 Å². The minimum atomic E-state index is -4.77. The van der Waals surface area contributed by atoms with Gasteiger partial charge in [0.2, 0.25) is 15.9 Å². The van der Waals surface area contributed by atoms with Gasteiger partial charge in [-0.05, 0) is 44.0 Å². The van der Waals surface area contributed by atoms with E-state index in [4.69, 9.17) is 11.6 Å². The average Bonchev–Trinajstić information content (AvgIpc) is 2.66. The van der Waals surface area contributed by atoms with E-state index in [2.05, 4.69) is 21.9 Å². The Labute approximate surface area is 180 Å². The van der Waals surface area contributed by atoms with Gasteiger partial charge >= 0.3 is 6.18 Å². The van der Waals surface area contributed by atoms with Gasteiger partial charge in [-0.3, -0.25) is 4.79 Å². The lowest BCUT2D eigenvalue weighted by molar-refractivity contribution is -0.137. The van der Waals surface area contributed by atoms with Crippen LogP contribution in [-0.4, -0.2) is 51.4 Å². The number of likely N-dealkylation sites (tertiary alicyclic amines) is 1. The van der Waals surface area contributed by atoms with Crippen molar-refractivity contribution in [1.29, 1.82) is 0 Å². The maximum absolute atomic E-state index is 12.9. The van der Waals surface area contributed by atoms with Crippen molar-refractivity contribution < 1.29 is 26.4 Å². The van der Waals surface area contributed by atoms with Crippen molar-refractivity contribution >= 4 is 27.5 Å². The molecule has 1 fully saturated rings. The van der Waals surface area contributed by atoms with Crippen LogP contribution in [0.25, 0.3) is 0 Å². The smallest absolute Gasteiger partial charge is 0.353 e. The van der Waals surface area contributed by atoms with E-state index >= 15 is 0 Å². The highest BCUT2D eigenvalue weighted by molar-refractivity contribution is 7.89. The van der Waals surface area contributed by atoms with E-state index in [9.17, 15) is 26.4 Å². The van der Waals surface area contributed by atoms with Gasteiger partial charge in [-0.1, -0.05) is 24.9 Å². The van der Waals surface area contributed by atoms with Crippen LogP contribution < -0.4 is 10.0 Å². The molecule has 1 amide bonds. The molecule has 0 aromatic heterocycles. The molecule has 2 N–H and O–H groups in total. The summed E-state index contributed by atoms with van der Waals surface area (Å²) in [5.41, 5.74) is -1.23. The number of rotatable bonds is 9. The number of halogens is 4. The molecule has 0 unspecified atom stereocenters. The maximum Gasteiger partial charge on any atom is 0.417 e. The van der Waals surface area contributed by atoms with Gasteiger partial charge in [0, 0.05) is 32.1 Å². The van der Waals surface area contributed by atoms with Crippen molar-refractivity contribution in [2.24, 2.45) is 0 Å². The van der Waals surface area contributed by atoms with E-state index in [0.29, 0.717) is 6.07 Å². The van der Waals surface area contributed by atoms with Gasteiger partial charge in [0.25, 0.3) is 0 Å². The summed E-state index contributed by atoms with van der Waals surface area (Å²) in [6.07, 6.45) is -0.905. The molecule has 6 nitrogen and oxygen atoms in total. The molecule has 2 rings (SSSR count). The van der Waals surface area contributed by atoms with Crippen LogP contribution >= 0.6 is 11.6 Å². The molecule has 11 heteroatoms. The van der Waals surface area contributed by atoms with Gasteiger partial charge in [-0.15, -0.1) is 0 Å². The van der Waals surface area contributed by atoms with Gasteiger partial charge < -0.3 is 10.2 Å². The third-order valence-electron chi connectivity index (χ3n) is 4.98. The molecule has 1 saturated heterocycles. The molecule has 170 valence electrons. The predicted octanol–water partition coefficient (Wildman–Crippen LogP) is 3.41. The number of unbranched alkanes of at least 4 members (excludes halogenated alkanes) is 1. The zero-order chi connectivity index (χ0) is 22.4. The Hall–Kier alpha value is -1.36. The fourth-order valence-electron chi connectivity index (χ4n) is 3.25. The first-order valence-electron chi connectivity index (χ1n) is 9.91. The number of benzene rings is 1. The highest BCUT2D eigenvalue weighted by atomic mass is 35.5. The summed E-state index contributed by atoms with van der Waals surface area (Å²) >= 11 is 5.51. The highest BCUT2D eigenvalue weighted by Crippen LogP contribution is 2.35. The molecular weight excluding hydrogens is 443 g/mol. The van der Waals surface area contributed by atoms with E-state index in [1.165, 1.54) is 0 Å². The number of nitrogens with one attached hydrogen (secondary N) is 2. The zero-order valence-electron chi connectivity index (χ0n) is 16.8. The first kappa shape index (κ1) is 24.9. The molecule has 1 aromatic rings. The summed E-state index contributed by atoms with van der Waals surface area (Å²) < 4.78 is 65.5. The lowest BCUT2D eigenvalue weighted by Crippen LogP contribution is -2.45. The summed E-state index contributed by atoms with van der Waals surface area (Å²) in [7, 11) is -4.20. The molecule has 0 spiro atoms. The lowest BCUT2D eigenvalue weighted by atomic mass is 10.0. The summed E-state index contributed by atoms with van der Waals surface area (Å²) in [5, 5.41) is 2.31. The van der Waals surface area contributed by atoms with Crippen molar-refractivity contribution in [3.63, 3.8) is 0 Å². The van der Waals surface area contributed by atoms with Crippen LogP contribution in [0.4, 0.5) is 13.2 Å². The van der Waals surface area contributed by atoms with Crippen LogP contribution in [-0.2, 0) is 21.0 Å². The Morgan fingerprint density at radius 3 is 2.53 bits per heavy atom. The quantitative estimate of drug-likeness (QED) is 0.581. The van der Waals surface area contributed by atoms with Gasteiger partial charge in [-0.2, -0.15) is 13.2 Å². The Balaban J connectivity index is 1.81. The molecule has 1 aliphatic heterocycles. The Morgan fingerprint density at radius 1 is 1.27 bits per heavy atom. The minimum absolute atomic E-state index is 0.0533. The third kappa shape index (κ3) is 7.40. The molecule has 0 saturated carbocycles. The number of nitrogens with zero attached hydrogens (tertiary/aromatic N) is 1. The van der Waals surface area contributed by atoms with Gasteiger partial charge in [0.1, 0.15) is 0 Å². The number of hydrogen-bond donors (Lipinski definition) is 2. The van der Waals surface area contributed by atoms with Gasteiger partial charge in [0.15, 0.2) is 0 Å². The predicted molar refractivity (Wildman–Crippen MR) is 109 cm³/mol. The molecule has 30 heavy (non-hydrogen) atoms. The number of alkyl halides is 3. The third-order valence-corrected chi connectivity index (χ3v) is 6.77. The first-order chi connectivity index (χ1) is 14.0. The van der Waals surface area contributed by atoms with Crippen LogP contribution in [0.1, 0.15) is 44.6 Å². The summed E-state index contributed by atoms with van der Waals surface area (Å²) in [5.74, 6) is -0.295. The topological polar surface area (TPSA) is 78.5 Å². The second-order valence-corrected chi connectivity index (χ2v) is 9.50. The number of carbonyl (C=O) groups is 1. The molecular formula is C19H27ClF3N3O3S. The molecule has 0 bridgehead atoms. The van der Waals surface area contributed by atoms with Crippen LogP contribution in [0.3, 0.4) is 0 Å². The van der Waals surface area contributed by atoms with Crippen LogP contribution in [0.2, 0.25) is 5.02 Å². The Bertz CT molecular complexity index is 826. The van der Waals surface area contributed by atoms with Crippen molar-refractivity contribution in [2.75, 3.05) is 26.2 Å². The van der Waals surface area contributed by atoms with E-state index < -0.39 is 31.7 Å². The Kier molecular flexibility index (Phi) is 8.96. The standard InChI is InChI=1S/C19H27ClF3N3O3S/c1-2-3-10-26-11-7-14(8-12-26)25-18(27)6-9-24-30(28,29)15-4-5-17(20)16(13-15)19(21,22)23/h4-5,13-14,24H,2-3,6-12H2,1H3,(H,25,27). The number of hydrogen-bond acceptors (Lipinski definition) is 4. The largest absolute Gasteiger partial charge is 0.417 e. The normalized spacial score (nSPS) is 16.6. The second-order valence-electron chi connectivity index (χ2n) is 7.32. The van der Waals surface area contributed by atoms with Crippen LogP contribution in [0.15, 0.2) is 23.1 Å². The monoisotopic (exact) mass is 469 g/mol. The molecule has 1 aliphatic rings. The molecule has 1 aromatic carbocycles. The van der Waals surface area contributed by atoms with Gasteiger partial charge in [0.05, 0.1) is 15.5 Å². The van der Waals surface area contributed by atoms with Crippen LogP contribution in [0, 0.1) is 0 Å². The Morgan fingerprint density at radius 2 is 1.93 bits per heavy atom. The van der Waals surface area contributed by atoms with Crippen LogP contribution in [0.5, 0.6) is 0 Å². The minimum Gasteiger partial charge on any atom is -0.353 e. The summed E-state index contributed by atoms with van der Waals surface area (Å²) in [6.45, 7) is 4.81. The number of amides is 1. The van der Waals surface area contributed by atoms with E-state index in [-0.39, 0.29) is 24.9 Å². The van der Waals surface area contributed by atoms with Crippen molar-refractivity contribution in [3.05, 3.63) is 28.8 Å². The van der Waals surface area contributed by atoms with Crippen molar-refractivity contribution in [2.45, 2.75) is 56.1 Å². The second kappa shape index (κ2) is 10.8. The molecule has 0 radical (unpaired) electrons.